The third-order valence-corrected chi connectivity index (χ3v) is 3.26. The van der Waals surface area contributed by atoms with E-state index < -0.39 is 0 Å². The normalized spacial score (nSPS) is 12.8. The molecule has 2 rings (SSSR count). The Kier molecular flexibility index (Phi) is 4.71. The minimum Gasteiger partial charge on any atom is -0.316 e. The van der Waals surface area contributed by atoms with Crippen LogP contribution in [0.15, 0.2) is 36.7 Å². The molecule has 2 nitrogen and oxygen atoms in total. The Morgan fingerprint density at radius 3 is 3.00 bits per heavy atom. The highest BCUT2D eigenvalue weighted by Crippen LogP contribution is 2.20. The molecule has 1 aromatic carbocycles. The molecule has 0 aliphatic heterocycles. The summed E-state index contributed by atoms with van der Waals surface area (Å²) in [7, 11) is 0. The van der Waals surface area contributed by atoms with Crippen LogP contribution < -0.4 is 5.32 Å². The fourth-order valence-corrected chi connectivity index (χ4v) is 2.33. The molecule has 0 radical (unpaired) electrons. The standard InChI is InChI=1S/C16H22N2/c1-3-8-17-11-13(2)10-15-6-4-5-14-7-9-18-12-16(14)15/h4-7,9,12-13,17H,3,8,10-11H2,1-2H3. The number of rotatable bonds is 6. The van der Waals surface area contributed by atoms with Crippen LogP contribution in [0.5, 0.6) is 0 Å². The second kappa shape index (κ2) is 6.50. The smallest absolute Gasteiger partial charge is 0.0349 e. The largest absolute Gasteiger partial charge is 0.316 e. The Bertz CT molecular complexity index is 488. The third kappa shape index (κ3) is 3.30. The number of nitrogens with zero attached hydrogens (tertiary/aromatic N) is 1. The molecule has 0 amide bonds. The molecule has 0 aliphatic rings. The van der Waals surface area contributed by atoms with E-state index in [9.17, 15) is 0 Å². The minimum absolute atomic E-state index is 0.655. The van der Waals surface area contributed by atoms with E-state index in [2.05, 4.69) is 48.4 Å². The predicted octanol–water partition coefficient (Wildman–Crippen LogP) is 3.41. The van der Waals surface area contributed by atoms with E-state index in [1.807, 2.05) is 12.4 Å². The van der Waals surface area contributed by atoms with E-state index in [1.54, 1.807) is 0 Å². The molecule has 1 atom stereocenters. The summed E-state index contributed by atoms with van der Waals surface area (Å²) in [5.41, 5.74) is 1.41. The zero-order valence-electron chi connectivity index (χ0n) is 11.3. The number of hydrogen-bond acceptors (Lipinski definition) is 2. The van der Waals surface area contributed by atoms with Gasteiger partial charge in [0.2, 0.25) is 0 Å². The van der Waals surface area contributed by atoms with Gasteiger partial charge >= 0.3 is 0 Å². The molecule has 18 heavy (non-hydrogen) atoms. The van der Waals surface area contributed by atoms with Crippen LogP contribution in [0.1, 0.15) is 25.8 Å². The van der Waals surface area contributed by atoms with Gasteiger partial charge in [0.15, 0.2) is 0 Å². The molecule has 96 valence electrons. The van der Waals surface area contributed by atoms with Crippen LogP contribution in [0.4, 0.5) is 0 Å². The molecule has 2 heteroatoms. The van der Waals surface area contributed by atoms with Crippen molar-refractivity contribution < 1.29 is 0 Å². The SMILES string of the molecule is CCCNCC(C)Cc1cccc2ccncc12. The lowest BCUT2D eigenvalue weighted by Crippen LogP contribution is -2.23. The fraction of sp³-hybridized carbons (Fsp3) is 0.438. The minimum atomic E-state index is 0.655. The lowest BCUT2D eigenvalue weighted by Gasteiger charge is -2.13. The zero-order valence-corrected chi connectivity index (χ0v) is 11.3. The molecule has 2 aromatic rings. The molecule has 1 unspecified atom stereocenters. The number of benzene rings is 1. The first kappa shape index (κ1) is 13.0. The summed E-state index contributed by atoms with van der Waals surface area (Å²) in [5, 5.41) is 6.07. The summed E-state index contributed by atoms with van der Waals surface area (Å²) in [5.74, 6) is 0.655. The number of pyridine rings is 1. The molecule has 1 aromatic heterocycles. The van der Waals surface area contributed by atoms with E-state index >= 15 is 0 Å². The van der Waals surface area contributed by atoms with Gasteiger partial charge in [-0.25, -0.2) is 0 Å². The number of nitrogens with one attached hydrogen (secondary N) is 1. The quantitative estimate of drug-likeness (QED) is 0.785. The van der Waals surface area contributed by atoms with Crippen molar-refractivity contribution in [3.63, 3.8) is 0 Å². The van der Waals surface area contributed by atoms with E-state index in [4.69, 9.17) is 0 Å². The second-order valence-electron chi connectivity index (χ2n) is 5.03. The Morgan fingerprint density at radius 2 is 2.17 bits per heavy atom. The molecule has 0 spiro atoms. The Morgan fingerprint density at radius 1 is 1.28 bits per heavy atom. The van der Waals surface area contributed by atoms with E-state index in [0.29, 0.717) is 5.92 Å². The molecular formula is C16H22N2. The summed E-state index contributed by atoms with van der Waals surface area (Å²) in [6.07, 6.45) is 6.15. The van der Waals surface area contributed by atoms with Crippen LogP contribution in [-0.4, -0.2) is 18.1 Å². The van der Waals surface area contributed by atoms with Crippen LogP contribution >= 0.6 is 0 Å². The van der Waals surface area contributed by atoms with Crippen LogP contribution in [0.25, 0.3) is 10.8 Å². The van der Waals surface area contributed by atoms with Gasteiger partial charge in [-0.15, -0.1) is 0 Å². The first-order valence-corrected chi connectivity index (χ1v) is 6.83. The van der Waals surface area contributed by atoms with E-state index in [-0.39, 0.29) is 0 Å². The lowest BCUT2D eigenvalue weighted by atomic mass is 9.97. The summed E-state index contributed by atoms with van der Waals surface area (Å²) in [4.78, 5) is 4.24. The lowest BCUT2D eigenvalue weighted by molar-refractivity contribution is 0.512. The Labute approximate surface area is 109 Å². The summed E-state index contributed by atoms with van der Waals surface area (Å²) in [6.45, 7) is 6.71. The Hall–Kier alpha value is -1.41. The van der Waals surface area contributed by atoms with Crippen LogP contribution in [0, 0.1) is 5.92 Å². The highest BCUT2D eigenvalue weighted by molar-refractivity contribution is 5.84. The van der Waals surface area contributed by atoms with Gasteiger partial charge in [-0.3, -0.25) is 4.98 Å². The van der Waals surface area contributed by atoms with Crippen LogP contribution in [-0.2, 0) is 6.42 Å². The average Bonchev–Trinajstić information content (AvgIpc) is 2.39. The monoisotopic (exact) mass is 242 g/mol. The van der Waals surface area contributed by atoms with Crippen LogP contribution in [0.2, 0.25) is 0 Å². The highest BCUT2D eigenvalue weighted by atomic mass is 14.8. The van der Waals surface area contributed by atoms with Gasteiger partial charge in [0, 0.05) is 17.8 Å². The first-order chi connectivity index (χ1) is 8.81. The summed E-state index contributed by atoms with van der Waals surface area (Å²) >= 11 is 0. The summed E-state index contributed by atoms with van der Waals surface area (Å²) in [6, 6.07) is 8.60. The van der Waals surface area contributed by atoms with Crippen molar-refractivity contribution in [2.45, 2.75) is 26.7 Å². The average molecular weight is 242 g/mol. The molecular weight excluding hydrogens is 220 g/mol. The van der Waals surface area contributed by atoms with Crippen molar-refractivity contribution in [2.75, 3.05) is 13.1 Å². The van der Waals surface area contributed by atoms with E-state index in [0.717, 1.165) is 19.5 Å². The molecule has 1 N–H and O–H groups in total. The maximum Gasteiger partial charge on any atom is 0.0349 e. The highest BCUT2D eigenvalue weighted by Gasteiger charge is 2.06. The Balaban J connectivity index is 2.07. The molecule has 0 saturated heterocycles. The van der Waals surface area contributed by atoms with Crippen LogP contribution in [0.3, 0.4) is 0 Å². The third-order valence-electron chi connectivity index (χ3n) is 3.26. The number of hydrogen-bond donors (Lipinski definition) is 1. The number of fused-ring (bicyclic) bond motifs is 1. The zero-order chi connectivity index (χ0) is 12.8. The molecule has 0 saturated carbocycles. The van der Waals surface area contributed by atoms with Crippen molar-refractivity contribution in [1.82, 2.24) is 10.3 Å². The first-order valence-electron chi connectivity index (χ1n) is 6.83. The molecule has 1 heterocycles. The van der Waals surface area contributed by atoms with Gasteiger partial charge in [0.05, 0.1) is 0 Å². The van der Waals surface area contributed by atoms with Gasteiger partial charge < -0.3 is 5.32 Å². The van der Waals surface area contributed by atoms with E-state index in [1.165, 1.54) is 22.8 Å². The molecule has 0 bridgehead atoms. The predicted molar refractivity (Wildman–Crippen MR) is 77.8 cm³/mol. The van der Waals surface area contributed by atoms with Gasteiger partial charge in [0.1, 0.15) is 0 Å². The van der Waals surface area contributed by atoms with Crippen molar-refractivity contribution in [3.8, 4) is 0 Å². The van der Waals surface area contributed by atoms with Crippen molar-refractivity contribution in [2.24, 2.45) is 5.92 Å². The maximum atomic E-state index is 4.24. The topological polar surface area (TPSA) is 24.9 Å². The van der Waals surface area contributed by atoms with Crippen molar-refractivity contribution in [1.29, 1.82) is 0 Å². The van der Waals surface area contributed by atoms with Gasteiger partial charge in [-0.1, -0.05) is 32.0 Å². The molecule has 0 aliphatic carbocycles. The molecule has 0 fully saturated rings. The van der Waals surface area contributed by atoms with Crippen molar-refractivity contribution >= 4 is 10.8 Å². The fourth-order valence-electron chi connectivity index (χ4n) is 2.33. The van der Waals surface area contributed by atoms with Gasteiger partial charge in [-0.2, -0.15) is 0 Å². The van der Waals surface area contributed by atoms with Gasteiger partial charge in [-0.05, 0) is 48.9 Å². The van der Waals surface area contributed by atoms with Crippen molar-refractivity contribution in [3.05, 3.63) is 42.2 Å². The maximum absolute atomic E-state index is 4.24. The van der Waals surface area contributed by atoms with Gasteiger partial charge in [0.25, 0.3) is 0 Å². The summed E-state index contributed by atoms with van der Waals surface area (Å²) < 4.78 is 0. The second-order valence-corrected chi connectivity index (χ2v) is 5.03. The number of aromatic nitrogens is 1.